The minimum Gasteiger partial charge on any atom is -0.377 e. The number of hydrogen-bond acceptors (Lipinski definition) is 2. The van der Waals surface area contributed by atoms with Crippen LogP contribution < -0.4 is 5.32 Å². The van der Waals surface area contributed by atoms with Gasteiger partial charge in [0.1, 0.15) is 5.65 Å². The number of anilines is 1. The Bertz CT molecular complexity index is 715. The number of benzene rings is 1. The van der Waals surface area contributed by atoms with E-state index in [1.807, 2.05) is 28.8 Å². The molecule has 1 N–H and O–H groups in total. The molecule has 0 aliphatic heterocycles. The second-order valence-electron chi connectivity index (χ2n) is 4.96. The number of imidazole rings is 1. The Labute approximate surface area is 126 Å². The zero-order valence-corrected chi connectivity index (χ0v) is 13.1. The van der Waals surface area contributed by atoms with Crippen molar-refractivity contribution in [2.24, 2.45) is 0 Å². The van der Waals surface area contributed by atoms with Gasteiger partial charge < -0.3 is 9.72 Å². The number of pyridine rings is 1. The standard InChI is InChI=1S/C16H16BrN3/c1-11-6-7-13(9-14(11)17)18-12(2)15-10-20-8-4-3-5-16(20)19-15/h3-10,12,18H,1-2H3/t12-/m0/s1. The molecule has 0 radical (unpaired) electrons. The van der Waals surface area contributed by atoms with Crippen LogP contribution in [-0.4, -0.2) is 9.38 Å². The minimum absolute atomic E-state index is 0.157. The molecule has 0 spiro atoms. The van der Waals surface area contributed by atoms with Crippen LogP contribution in [-0.2, 0) is 0 Å². The monoisotopic (exact) mass is 329 g/mol. The fourth-order valence-electron chi connectivity index (χ4n) is 2.17. The largest absolute Gasteiger partial charge is 0.377 e. The quantitative estimate of drug-likeness (QED) is 0.762. The molecule has 0 aliphatic rings. The van der Waals surface area contributed by atoms with Crippen LogP contribution >= 0.6 is 15.9 Å². The van der Waals surface area contributed by atoms with Crippen molar-refractivity contribution in [2.75, 3.05) is 5.32 Å². The van der Waals surface area contributed by atoms with E-state index in [1.54, 1.807) is 0 Å². The topological polar surface area (TPSA) is 29.3 Å². The van der Waals surface area contributed by atoms with Gasteiger partial charge in [0.2, 0.25) is 0 Å². The molecule has 0 aliphatic carbocycles. The first kappa shape index (κ1) is 13.2. The zero-order chi connectivity index (χ0) is 14.1. The first-order valence-corrected chi connectivity index (χ1v) is 7.39. The van der Waals surface area contributed by atoms with Crippen molar-refractivity contribution in [3.8, 4) is 0 Å². The van der Waals surface area contributed by atoms with E-state index in [9.17, 15) is 0 Å². The summed E-state index contributed by atoms with van der Waals surface area (Å²) in [6.07, 6.45) is 4.08. The van der Waals surface area contributed by atoms with Crippen molar-refractivity contribution in [2.45, 2.75) is 19.9 Å². The van der Waals surface area contributed by atoms with Crippen molar-refractivity contribution < 1.29 is 0 Å². The number of fused-ring (bicyclic) bond motifs is 1. The van der Waals surface area contributed by atoms with Gasteiger partial charge in [-0.25, -0.2) is 4.98 Å². The van der Waals surface area contributed by atoms with E-state index in [0.717, 1.165) is 21.5 Å². The first-order chi connectivity index (χ1) is 9.63. The maximum atomic E-state index is 4.64. The molecule has 3 nitrogen and oxygen atoms in total. The molecule has 0 fully saturated rings. The molecule has 3 aromatic rings. The summed E-state index contributed by atoms with van der Waals surface area (Å²) in [6, 6.07) is 12.5. The zero-order valence-electron chi connectivity index (χ0n) is 11.5. The van der Waals surface area contributed by atoms with Gasteiger partial charge in [-0.15, -0.1) is 0 Å². The van der Waals surface area contributed by atoms with Gasteiger partial charge in [-0.05, 0) is 43.7 Å². The molecular weight excluding hydrogens is 314 g/mol. The van der Waals surface area contributed by atoms with E-state index >= 15 is 0 Å². The molecular formula is C16H16BrN3. The van der Waals surface area contributed by atoms with Crippen LogP contribution in [0, 0.1) is 6.92 Å². The minimum atomic E-state index is 0.157. The third-order valence-corrected chi connectivity index (χ3v) is 4.24. The fourth-order valence-corrected chi connectivity index (χ4v) is 2.55. The Balaban J connectivity index is 1.84. The van der Waals surface area contributed by atoms with Crippen molar-refractivity contribution in [1.29, 1.82) is 0 Å². The van der Waals surface area contributed by atoms with Crippen LogP contribution in [0.25, 0.3) is 5.65 Å². The Kier molecular flexibility index (Phi) is 3.49. The van der Waals surface area contributed by atoms with Crippen molar-refractivity contribution in [3.63, 3.8) is 0 Å². The lowest BCUT2D eigenvalue weighted by Crippen LogP contribution is -2.06. The van der Waals surface area contributed by atoms with Gasteiger partial charge in [0, 0.05) is 22.6 Å². The lowest BCUT2D eigenvalue weighted by atomic mass is 10.2. The maximum Gasteiger partial charge on any atom is 0.137 e. The highest BCUT2D eigenvalue weighted by Gasteiger charge is 2.10. The van der Waals surface area contributed by atoms with Gasteiger partial charge >= 0.3 is 0 Å². The fraction of sp³-hybridized carbons (Fsp3) is 0.188. The van der Waals surface area contributed by atoms with Crippen LogP contribution in [0.5, 0.6) is 0 Å². The highest BCUT2D eigenvalue weighted by molar-refractivity contribution is 9.10. The Morgan fingerprint density at radius 3 is 2.85 bits per heavy atom. The smallest absolute Gasteiger partial charge is 0.137 e. The van der Waals surface area contributed by atoms with Gasteiger partial charge in [-0.1, -0.05) is 28.1 Å². The molecule has 0 saturated carbocycles. The number of nitrogens with one attached hydrogen (secondary N) is 1. The molecule has 3 rings (SSSR count). The summed E-state index contributed by atoms with van der Waals surface area (Å²) in [6.45, 7) is 4.20. The van der Waals surface area contributed by atoms with Crippen LogP contribution in [0.3, 0.4) is 0 Å². The molecule has 1 atom stereocenters. The Morgan fingerprint density at radius 2 is 2.10 bits per heavy atom. The molecule has 4 heteroatoms. The Morgan fingerprint density at radius 1 is 1.25 bits per heavy atom. The predicted molar refractivity (Wildman–Crippen MR) is 86.1 cm³/mol. The summed E-state index contributed by atoms with van der Waals surface area (Å²) < 4.78 is 3.16. The summed E-state index contributed by atoms with van der Waals surface area (Å²) in [5.41, 5.74) is 4.33. The number of hydrogen-bond donors (Lipinski definition) is 1. The van der Waals surface area contributed by atoms with Crippen molar-refractivity contribution in [3.05, 3.63) is 64.5 Å². The second kappa shape index (κ2) is 5.29. The van der Waals surface area contributed by atoms with Crippen molar-refractivity contribution in [1.82, 2.24) is 9.38 Å². The second-order valence-corrected chi connectivity index (χ2v) is 5.82. The molecule has 0 unspecified atom stereocenters. The highest BCUT2D eigenvalue weighted by atomic mass is 79.9. The van der Waals surface area contributed by atoms with Gasteiger partial charge in [-0.2, -0.15) is 0 Å². The summed E-state index contributed by atoms with van der Waals surface area (Å²) in [7, 11) is 0. The average Bonchev–Trinajstić information content (AvgIpc) is 2.87. The summed E-state index contributed by atoms with van der Waals surface area (Å²) in [5, 5.41) is 3.48. The number of aryl methyl sites for hydroxylation is 1. The highest BCUT2D eigenvalue weighted by Crippen LogP contribution is 2.24. The normalized spacial score (nSPS) is 12.6. The van der Waals surface area contributed by atoms with Crippen LogP contribution in [0.4, 0.5) is 5.69 Å². The summed E-state index contributed by atoms with van der Waals surface area (Å²) in [4.78, 5) is 4.64. The molecule has 0 bridgehead atoms. The van der Waals surface area contributed by atoms with Gasteiger partial charge in [-0.3, -0.25) is 0 Å². The van der Waals surface area contributed by atoms with E-state index in [0.29, 0.717) is 0 Å². The maximum absolute atomic E-state index is 4.64. The lowest BCUT2D eigenvalue weighted by Gasteiger charge is -2.13. The van der Waals surface area contributed by atoms with Crippen LogP contribution in [0.2, 0.25) is 0 Å². The van der Waals surface area contributed by atoms with Gasteiger partial charge in [0.05, 0.1) is 11.7 Å². The van der Waals surface area contributed by atoms with Crippen LogP contribution in [0.1, 0.15) is 24.2 Å². The molecule has 0 saturated heterocycles. The Hall–Kier alpha value is -1.81. The summed E-state index contributed by atoms with van der Waals surface area (Å²) >= 11 is 3.56. The SMILES string of the molecule is Cc1ccc(N[C@@H](C)c2cn3ccccc3n2)cc1Br. The number of halogens is 1. The predicted octanol–water partition coefficient (Wildman–Crippen LogP) is 4.58. The molecule has 1 aromatic carbocycles. The average molecular weight is 330 g/mol. The molecule has 2 heterocycles. The third kappa shape index (κ3) is 2.56. The molecule has 2 aromatic heterocycles. The van der Waals surface area contributed by atoms with E-state index < -0.39 is 0 Å². The molecule has 0 amide bonds. The van der Waals surface area contributed by atoms with Gasteiger partial charge in [0.25, 0.3) is 0 Å². The number of rotatable bonds is 3. The van der Waals surface area contributed by atoms with Gasteiger partial charge in [0.15, 0.2) is 0 Å². The van der Waals surface area contributed by atoms with E-state index in [4.69, 9.17) is 0 Å². The van der Waals surface area contributed by atoms with Crippen LogP contribution in [0.15, 0.2) is 53.3 Å². The molecule has 20 heavy (non-hydrogen) atoms. The number of aromatic nitrogens is 2. The van der Waals surface area contributed by atoms with Crippen molar-refractivity contribution >= 4 is 27.3 Å². The lowest BCUT2D eigenvalue weighted by molar-refractivity contribution is 0.851. The van der Waals surface area contributed by atoms with E-state index in [2.05, 4.69) is 64.5 Å². The third-order valence-electron chi connectivity index (χ3n) is 3.38. The van der Waals surface area contributed by atoms with E-state index in [-0.39, 0.29) is 6.04 Å². The summed E-state index contributed by atoms with van der Waals surface area (Å²) in [5.74, 6) is 0. The molecule has 102 valence electrons. The van der Waals surface area contributed by atoms with E-state index in [1.165, 1.54) is 5.56 Å². The first-order valence-electron chi connectivity index (χ1n) is 6.60. The number of nitrogens with zero attached hydrogens (tertiary/aromatic N) is 2.